The van der Waals surface area contributed by atoms with E-state index in [0.717, 1.165) is 11.3 Å². The Morgan fingerprint density at radius 2 is 2.17 bits per heavy atom. The molecule has 0 aliphatic heterocycles. The minimum Gasteiger partial charge on any atom is -0.492 e. The van der Waals surface area contributed by atoms with Crippen molar-refractivity contribution in [1.29, 1.82) is 0 Å². The number of benzene rings is 1. The van der Waals surface area contributed by atoms with E-state index in [9.17, 15) is 4.79 Å². The fourth-order valence-electron chi connectivity index (χ4n) is 1.45. The number of carbonyl (C=O) groups excluding carboxylic acids is 1. The fourth-order valence-corrected chi connectivity index (χ4v) is 1.45. The third kappa shape index (κ3) is 4.75. The normalized spacial score (nSPS) is 13.8. The number of hydrogen-bond acceptors (Lipinski definition) is 3. The van der Waals surface area contributed by atoms with Crippen molar-refractivity contribution in [2.75, 3.05) is 13.2 Å². The Morgan fingerprint density at radius 1 is 1.44 bits per heavy atom. The van der Waals surface area contributed by atoms with Crippen molar-refractivity contribution in [2.24, 2.45) is 11.7 Å². The van der Waals surface area contributed by atoms with Crippen LogP contribution in [-0.2, 0) is 4.79 Å². The van der Waals surface area contributed by atoms with Gasteiger partial charge in [-0.25, -0.2) is 0 Å². The van der Waals surface area contributed by atoms with E-state index in [1.54, 1.807) is 0 Å². The van der Waals surface area contributed by atoms with Gasteiger partial charge < -0.3 is 15.8 Å². The maximum atomic E-state index is 11.6. The topological polar surface area (TPSA) is 64.3 Å². The summed E-state index contributed by atoms with van der Waals surface area (Å²) in [5.41, 5.74) is 6.81. The first-order valence-corrected chi connectivity index (χ1v) is 6.23. The Bertz CT molecular complexity index is 391. The van der Waals surface area contributed by atoms with E-state index in [2.05, 4.69) is 5.32 Å². The molecule has 0 saturated heterocycles. The van der Waals surface area contributed by atoms with Gasteiger partial charge in [-0.1, -0.05) is 19.1 Å². The summed E-state index contributed by atoms with van der Waals surface area (Å²) >= 11 is 0. The predicted molar refractivity (Wildman–Crippen MR) is 72.5 cm³/mol. The third-order valence-corrected chi connectivity index (χ3v) is 2.86. The second-order valence-corrected chi connectivity index (χ2v) is 4.60. The van der Waals surface area contributed by atoms with Crippen LogP contribution in [0.1, 0.15) is 19.4 Å². The van der Waals surface area contributed by atoms with Crippen molar-refractivity contribution in [3.05, 3.63) is 29.8 Å². The molecule has 0 fully saturated rings. The monoisotopic (exact) mass is 250 g/mol. The van der Waals surface area contributed by atoms with Crippen LogP contribution in [0.3, 0.4) is 0 Å². The molecule has 18 heavy (non-hydrogen) atoms. The SMILES string of the molecule is Cc1cccc(OCCNC(=O)C(C)C(C)N)c1. The summed E-state index contributed by atoms with van der Waals surface area (Å²) in [4.78, 5) is 11.6. The lowest BCUT2D eigenvalue weighted by atomic mass is 10.0. The van der Waals surface area contributed by atoms with Gasteiger partial charge in [0.2, 0.25) is 5.91 Å². The molecular weight excluding hydrogens is 228 g/mol. The quantitative estimate of drug-likeness (QED) is 0.751. The van der Waals surface area contributed by atoms with Gasteiger partial charge in [0.15, 0.2) is 0 Å². The summed E-state index contributed by atoms with van der Waals surface area (Å²) < 4.78 is 5.53. The lowest BCUT2D eigenvalue weighted by Crippen LogP contribution is -2.40. The summed E-state index contributed by atoms with van der Waals surface area (Å²) in [6, 6.07) is 7.69. The van der Waals surface area contributed by atoms with E-state index in [-0.39, 0.29) is 17.9 Å². The van der Waals surface area contributed by atoms with Crippen molar-refractivity contribution >= 4 is 5.91 Å². The van der Waals surface area contributed by atoms with Gasteiger partial charge >= 0.3 is 0 Å². The highest BCUT2D eigenvalue weighted by molar-refractivity contribution is 5.78. The Hall–Kier alpha value is -1.55. The van der Waals surface area contributed by atoms with Crippen molar-refractivity contribution in [1.82, 2.24) is 5.32 Å². The number of nitrogens with two attached hydrogens (primary N) is 1. The molecule has 0 aromatic heterocycles. The molecule has 1 rings (SSSR count). The highest BCUT2D eigenvalue weighted by Gasteiger charge is 2.15. The lowest BCUT2D eigenvalue weighted by Gasteiger charge is -2.15. The zero-order valence-corrected chi connectivity index (χ0v) is 11.3. The molecule has 2 unspecified atom stereocenters. The molecule has 4 nitrogen and oxygen atoms in total. The highest BCUT2D eigenvalue weighted by Crippen LogP contribution is 2.11. The first kappa shape index (κ1) is 14.5. The lowest BCUT2D eigenvalue weighted by molar-refractivity contribution is -0.125. The number of amides is 1. The van der Waals surface area contributed by atoms with Crippen molar-refractivity contribution in [3.8, 4) is 5.75 Å². The average Bonchev–Trinajstić information content (AvgIpc) is 2.33. The Morgan fingerprint density at radius 3 is 2.78 bits per heavy atom. The van der Waals surface area contributed by atoms with Crippen LogP contribution in [0.5, 0.6) is 5.75 Å². The molecule has 1 aromatic rings. The molecule has 0 heterocycles. The van der Waals surface area contributed by atoms with E-state index in [1.165, 1.54) is 0 Å². The van der Waals surface area contributed by atoms with Gasteiger partial charge in [-0.05, 0) is 31.5 Å². The molecule has 0 aliphatic rings. The number of nitrogens with one attached hydrogen (secondary N) is 1. The number of hydrogen-bond donors (Lipinski definition) is 2. The molecule has 1 aromatic carbocycles. The van der Waals surface area contributed by atoms with Gasteiger partial charge in [0, 0.05) is 12.0 Å². The largest absolute Gasteiger partial charge is 0.492 e. The van der Waals surface area contributed by atoms with Crippen LogP contribution < -0.4 is 15.8 Å². The van der Waals surface area contributed by atoms with Crippen molar-refractivity contribution < 1.29 is 9.53 Å². The first-order chi connectivity index (χ1) is 8.50. The Labute approximate surface area is 109 Å². The molecule has 2 atom stereocenters. The van der Waals surface area contributed by atoms with Crippen LogP contribution in [0.15, 0.2) is 24.3 Å². The summed E-state index contributed by atoms with van der Waals surface area (Å²) in [6.45, 7) is 6.61. The van der Waals surface area contributed by atoms with Gasteiger partial charge in [-0.15, -0.1) is 0 Å². The Kier molecular flexibility index (Phi) is 5.65. The zero-order valence-electron chi connectivity index (χ0n) is 11.3. The van der Waals surface area contributed by atoms with E-state index in [1.807, 2.05) is 45.0 Å². The van der Waals surface area contributed by atoms with Crippen molar-refractivity contribution in [2.45, 2.75) is 26.8 Å². The summed E-state index contributed by atoms with van der Waals surface area (Å²) in [5, 5.41) is 2.80. The standard InChI is InChI=1S/C14H22N2O2/c1-10-5-4-6-13(9-10)18-8-7-16-14(17)11(2)12(3)15/h4-6,9,11-12H,7-8,15H2,1-3H3,(H,16,17). The number of carbonyl (C=O) groups is 1. The first-order valence-electron chi connectivity index (χ1n) is 6.23. The number of aryl methyl sites for hydroxylation is 1. The summed E-state index contributed by atoms with van der Waals surface area (Å²) in [7, 11) is 0. The second-order valence-electron chi connectivity index (χ2n) is 4.60. The van der Waals surface area contributed by atoms with Gasteiger partial charge in [-0.3, -0.25) is 4.79 Å². The maximum Gasteiger partial charge on any atom is 0.224 e. The number of rotatable bonds is 6. The molecule has 100 valence electrons. The van der Waals surface area contributed by atoms with E-state index in [0.29, 0.717) is 13.2 Å². The minimum absolute atomic E-state index is 0.0298. The van der Waals surface area contributed by atoms with Gasteiger partial charge in [0.05, 0.1) is 6.54 Å². The molecular formula is C14H22N2O2. The van der Waals surface area contributed by atoms with Crippen LogP contribution in [0.2, 0.25) is 0 Å². The zero-order chi connectivity index (χ0) is 13.5. The average molecular weight is 250 g/mol. The van der Waals surface area contributed by atoms with Crippen LogP contribution in [-0.4, -0.2) is 25.1 Å². The Balaban J connectivity index is 2.25. The van der Waals surface area contributed by atoms with Gasteiger partial charge in [-0.2, -0.15) is 0 Å². The maximum absolute atomic E-state index is 11.6. The van der Waals surface area contributed by atoms with E-state index in [4.69, 9.17) is 10.5 Å². The summed E-state index contributed by atoms with van der Waals surface area (Å²) in [6.07, 6.45) is 0. The van der Waals surface area contributed by atoms with E-state index >= 15 is 0 Å². The molecule has 1 amide bonds. The predicted octanol–water partition coefficient (Wildman–Crippen LogP) is 1.47. The van der Waals surface area contributed by atoms with Gasteiger partial charge in [0.25, 0.3) is 0 Å². The molecule has 0 aliphatic carbocycles. The molecule has 3 N–H and O–H groups in total. The molecule has 0 radical (unpaired) electrons. The fraction of sp³-hybridized carbons (Fsp3) is 0.500. The molecule has 4 heteroatoms. The van der Waals surface area contributed by atoms with Crippen LogP contribution >= 0.6 is 0 Å². The highest BCUT2D eigenvalue weighted by atomic mass is 16.5. The second kappa shape index (κ2) is 7.01. The van der Waals surface area contributed by atoms with Crippen LogP contribution in [0, 0.1) is 12.8 Å². The van der Waals surface area contributed by atoms with Crippen LogP contribution in [0.4, 0.5) is 0 Å². The third-order valence-electron chi connectivity index (χ3n) is 2.86. The van der Waals surface area contributed by atoms with Crippen LogP contribution in [0.25, 0.3) is 0 Å². The smallest absolute Gasteiger partial charge is 0.224 e. The number of ether oxygens (including phenoxy) is 1. The summed E-state index contributed by atoms with van der Waals surface area (Å²) in [5.74, 6) is 0.617. The van der Waals surface area contributed by atoms with Crippen molar-refractivity contribution in [3.63, 3.8) is 0 Å². The minimum atomic E-state index is -0.177. The van der Waals surface area contributed by atoms with Gasteiger partial charge in [0.1, 0.15) is 12.4 Å². The molecule has 0 saturated carbocycles. The molecule has 0 spiro atoms. The molecule has 0 bridgehead atoms. The van der Waals surface area contributed by atoms with E-state index < -0.39 is 0 Å².